The van der Waals surface area contributed by atoms with Gasteiger partial charge in [0.15, 0.2) is 11.6 Å². The van der Waals surface area contributed by atoms with Gasteiger partial charge in [-0.1, -0.05) is 24.3 Å². The van der Waals surface area contributed by atoms with Crippen molar-refractivity contribution >= 4 is 17.3 Å². The van der Waals surface area contributed by atoms with E-state index in [0.717, 1.165) is 23.4 Å². The van der Waals surface area contributed by atoms with Gasteiger partial charge in [-0.05, 0) is 42.7 Å². The zero-order valence-corrected chi connectivity index (χ0v) is 15.5. The predicted octanol–water partition coefficient (Wildman–Crippen LogP) is 3.89. The van der Waals surface area contributed by atoms with Crippen LogP contribution in [0, 0.1) is 17.1 Å². The Morgan fingerprint density at radius 3 is 2.66 bits per heavy atom. The Morgan fingerprint density at radius 1 is 1.14 bits per heavy atom. The molecule has 5 nitrogen and oxygen atoms in total. The number of carbonyl (C=O) groups excluding carboxylic acids is 1. The van der Waals surface area contributed by atoms with Crippen LogP contribution < -0.4 is 10.6 Å². The van der Waals surface area contributed by atoms with E-state index in [9.17, 15) is 14.4 Å². The number of amidine groups is 1. The highest BCUT2D eigenvalue weighted by Gasteiger charge is 2.42. The first kappa shape index (κ1) is 17.4. The van der Waals surface area contributed by atoms with Crippen molar-refractivity contribution in [3.05, 3.63) is 88.1 Å². The maximum Gasteiger partial charge on any atom is 0.161 e. The Bertz CT molecular complexity index is 1180. The highest BCUT2D eigenvalue weighted by Crippen LogP contribution is 2.49. The van der Waals surface area contributed by atoms with Crippen molar-refractivity contribution in [2.24, 2.45) is 10.7 Å². The minimum atomic E-state index is -0.573. The number of fused-ring (bicyclic) bond motifs is 4. The van der Waals surface area contributed by atoms with Crippen molar-refractivity contribution in [2.45, 2.75) is 25.2 Å². The Kier molecular flexibility index (Phi) is 3.85. The first-order valence-electron chi connectivity index (χ1n) is 9.50. The molecule has 2 N–H and O–H groups in total. The minimum absolute atomic E-state index is 0.0207. The third kappa shape index (κ3) is 2.51. The number of hydrogen-bond acceptors (Lipinski definition) is 5. The smallest absolute Gasteiger partial charge is 0.161 e. The van der Waals surface area contributed by atoms with Gasteiger partial charge in [0.25, 0.3) is 0 Å². The fraction of sp³-hybridized carbons (Fsp3) is 0.174. The predicted molar refractivity (Wildman–Crippen MR) is 107 cm³/mol. The molecule has 0 radical (unpaired) electrons. The van der Waals surface area contributed by atoms with Crippen molar-refractivity contribution in [1.82, 2.24) is 0 Å². The molecule has 0 fully saturated rings. The second kappa shape index (κ2) is 6.42. The monoisotopic (exact) mass is 384 g/mol. The van der Waals surface area contributed by atoms with Crippen LogP contribution in [0.5, 0.6) is 0 Å². The van der Waals surface area contributed by atoms with Gasteiger partial charge in [0.05, 0.1) is 23.2 Å². The average molecular weight is 384 g/mol. The van der Waals surface area contributed by atoms with Gasteiger partial charge in [-0.15, -0.1) is 0 Å². The summed E-state index contributed by atoms with van der Waals surface area (Å²) in [4.78, 5) is 19.5. The molecule has 29 heavy (non-hydrogen) atoms. The van der Waals surface area contributed by atoms with E-state index in [1.54, 1.807) is 12.1 Å². The number of nitrogens with two attached hydrogens (primary N) is 1. The van der Waals surface area contributed by atoms with Gasteiger partial charge in [0, 0.05) is 23.3 Å². The summed E-state index contributed by atoms with van der Waals surface area (Å²) >= 11 is 0. The Hall–Kier alpha value is -3.72. The van der Waals surface area contributed by atoms with E-state index >= 15 is 0 Å². The molecule has 0 saturated heterocycles. The lowest BCUT2D eigenvalue weighted by Gasteiger charge is -2.41. The highest BCUT2D eigenvalue weighted by atomic mass is 19.1. The number of nitriles is 1. The molecule has 2 heterocycles. The molecule has 6 heteroatoms. The second-order valence-electron chi connectivity index (χ2n) is 7.32. The zero-order chi connectivity index (χ0) is 20.1. The van der Waals surface area contributed by atoms with E-state index in [0.29, 0.717) is 41.2 Å². The number of anilines is 1. The molecular weight excluding hydrogens is 367 g/mol. The summed E-state index contributed by atoms with van der Waals surface area (Å²) in [6.07, 6.45) is 1.87. The third-order valence-corrected chi connectivity index (χ3v) is 5.70. The number of allylic oxidation sites excluding steroid dienone is 3. The number of hydrogen-bond donors (Lipinski definition) is 1. The molecule has 2 aliphatic heterocycles. The Morgan fingerprint density at radius 2 is 1.90 bits per heavy atom. The van der Waals surface area contributed by atoms with Gasteiger partial charge >= 0.3 is 0 Å². The summed E-state index contributed by atoms with van der Waals surface area (Å²) in [6, 6.07) is 15.8. The lowest BCUT2D eigenvalue weighted by molar-refractivity contribution is -0.116. The van der Waals surface area contributed by atoms with E-state index in [4.69, 9.17) is 5.73 Å². The molecule has 0 amide bonds. The molecular formula is C23H17FN4O. The largest absolute Gasteiger partial charge is 0.383 e. The van der Waals surface area contributed by atoms with Gasteiger partial charge in [-0.3, -0.25) is 9.69 Å². The van der Waals surface area contributed by atoms with Crippen LogP contribution in [0.3, 0.4) is 0 Å². The molecule has 3 aliphatic rings. The molecule has 0 saturated carbocycles. The molecule has 0 aromatic heterocycles. The molecule has 1 aliphatic carbocycles. The summed E-state index contributed by atoms with van der Waals surface area (Å²) in [5.41, 5.74) is 10.3. The lowest BCUT2D eigenvalue weighted by Crippen LogP contribution is -2.39. The first-order chi connectivity index (χ1) is 14.1. The molecule has 1 atom stereocenters. The van der Waals surface area contributed by atoms with Crippen molar-refractivity contribution < 1.29 is 9.18 Å². The highest BCUT2D eigenvalue weighted by molar-refractivity contribution is 6.08. The van der Waals surface area contributed by atoms with Crippen LogP contribution in [0.2, 0.25) is 0 Å². The molecule has 142 valence electrons. The standard InChI is InChI=1S/C23H17FN4O/c24-14-10-8-13(9-11-14)20-16(12-25)23-27-22(26)15-4-1-2-5-17(15)28(23)18-6-3-7-19(29)21(18)20/h1-2,4-5,8-11,20H,3,6-7H2,(H2,26,27)/t20-/m0/s1. The number of rotatable bonds is 1. The molecule has 5 rings (SSSR count). The quantitative estimate of drug-likeness (QED) is 0.809. The van der Waals surface area contributed by atoms with Gasteiger partial charge in [-0.25, -0.2) is 9.38 Å². The van der Waals surface area contributed by atoms with Gasteiger partial charge in [0.1, 0.15) is 11.7 Å². The number of Topliss-reactive ketones (excluding diaryl/α,β-unsaturated/α-hetero) is 1. The van der Waals surface area contributed by atoms with Crippen LogP contribution in [-0.2, 0) is 4.79 Å². The fourth-order valence-electron chi connectivity index (χ4n) is 4.46. The Balaban J connectivity index is 1.83. The van der Waals surface area contributed by atoms with Crippen LogP contribution in [0.1, 0.15) is 36.3 Å². The van der Waals surface area contributed by atoms with E-state index in [-0.39, 0.29) is 11.6 Å². The number of para-hydroxylation sites is 1. The second-order valence-corrected chi connectivity index (χ2v) is 7.32. The van der Waals surface area contributed by atoms with Crippen LogP contribution in [-0.4, -0.2) is 11.6 Å². The van der Waals surface area contributed by atoms with Crippen LogP contribution >= 0.6 is 0 Å². The van der Waals surface area contributed by atoms with Crippen LogP contribution in [0.4, 0.5) is 10.1 Å². The summed E-state index contributed by atoms with van der Waals surface area (Å²) in [6.45, 7) is 0. The SMILES string of the molecule is N#CC1=C2N=C(N)c3ccccc3N2C2=C(C(=O)CCC2)[C@H]1c1ccc(F)cc1. The molecule has 0 unspecified atom stereocenters. The minimum Gasteiger partial charge on any atom is -0.383 e. The number of ketones is 1. The van der Waals surface area contributed by atoms with Crippen molar-refractivity contribution in [3.8, 4) is 6.07 Å². The van der Waals surface area contributed by atoms with E-state index < -0.39 is 5.92 Å². The van der Waals surface area contributed by atoms with Crippen molar-refractivity contribution in [2.75, 3.05) is 4.90 Å². The molecule has 2 aromatic rings. The van der Waals surface area contributed by atoms with Gasteiger partial charge < -0.3 is 5.73 Å². The van der Waals surface area contributed by atoms with Crippen LogP contribution in [0.15, 0.2) is 76.2 Å². The van der Waals surface area contributed by atoms with Crippen LogP contribution in [0.25, 0.3) is 0 Å². The number of halogens is 1. The third-order valence-electron chi connectivity index (χ3n) is 5.70. The summed E-state index contributed by atoms with van der Waals surface area (Å²) in [5, 5.41) is 10.1. The van der Waals surface area contributed by atoms with Gasteiger partial charge in [-0.2, -0.15) is 5.26 Å². The average Bonchev–Trinajstić information content (AvgIpc) is 2.74. The molecule has 0 spiro atoms. The summed E-state index contributed by atoms with van der Waals surface area (Å²) in [7, 11) is 0. The van der Waals surface area contributed by atoms with E-state index in [1.165, 1.54) is 12.1 Å². The summed E-state index contributed by atoms with van der Waals surface area (Å²) in [5.74, 6) is -0.130. The van der Waals surface area contributed by atoms with E-state index in [1.807, 2.05) is 29.2 Å². The number of benzene rings is 2. The Labute approximate surface area is 167 Å². The number of carbonyl (C=O) groups is 1. The molecule has 0 bridgehead atoms. The number of nitrogens with zero attached hydrogens (tertiary/aromatic N) is 3. The van der Waals surface area contributed by atoms with E-state index in [2.05, 4.69) is 11.1 Å². The first-order valence-corrected chi connectivity index (χ1v) is 9.50. The lowest BCUT2D eigenvalue weighted by atomic mass is 9.75. The number of aliphatic imine (C=N–C) groups is 1. The van der Waals surface area contributed by atoms with Crippen molar-refractivity contribution in [3.63, 3.8) is 0 Å². The maximum atomic E-state index is 13.5. The van der Waals surface area contributed by atoms with Gasteiger partial charge in [0.2, 0.25) is 0 Å². The normalized spacial score (nSPS) is 20.6. The fourth-order valence-corrected chi connectivity index (χ4v) is 4.46. The molecule has 2 aromatic carbocycles. The summed E-state index contributed by atoms with van der Waals surface area (Å²) < 4.78 is 13.5. The van der Waals surface area contributed by atoms with Crippen molar-refractivity contribution in [1.29, 1.82) is 5.26 Å². The maximum absolute atomic E-state index is 13.5. The topological polar surface area (TPSA) is 82.5 Å². The zero-order valence-electron chi connectivity index (χ0n) is 15.5.